The molecule has 0 bridgehead atoms. The number of aryl methyl sites for hydroxylation is 1. The number of nitrogens with one attached hydrogen (secondary N) is 1. The van der Waals surface area contributed by atoms with Gasteiger partial charge in [0.15, 0.2) is 17.3 Å². The number of carbonyl (C=O) groups is 1. The molecular weight excluding hydrogens is 426 g/mol. The molecule has 1 amide bonds. The summed E-state index contributed by atoms with van der Waals surface area (Å²) in [6, 6.07) is 7.38. The molecule has 11 nitrogen and oxygen atoms in total. The first kappa shape index (κ1) is 20.6. The topological polar surface area (TPSA) is 131 Å². The molecular formula is C22H23N7O4. The fraction of sp³-hybridized carbons (Fsp3) is 0.273. The lowest BCUT2D eigenvalue weighted by Crippen LogP contribution is -2.27. The summed E-state index contributed by atoms with van der Waals surface area (Å²) in [5.74, 6) is 1.20. The number of benzene rings is 1. The highest BCUT2D eigenvalue weighted by molar-refractivity contribution is 5.97. The Morgan fingerprint density at radius 3 is 2.70 bits per heavy atom. The van der Waals surface area contributed by atoms with Crippen LogP contribution in [-0.4, -0.2) is 42.9 Å². The van der Waals surface area contributed by atoms with Crippen LogP contribution >= 0.6 is 0 Å². The molecule has 11 heteroatoms. The van der Waals surface area contributed by atoms with Gasteiger partial charge in [0.05, 0.1) is 11.4 Å². The molecule has 4 heterocycles. The van der Waals surface area contributed by atoms with Crippen molar-refractivity contribution in [1.29, 1.82) is 0 Å². The van der Waals surface area contributed by atoms with Crippen LogP contribution in [0.15, 0.2) is 36.8 Å². The number of nitrogens with zero attached hydrogens (tertiary/aromatic N) is 5. The van der Waals surface area contributed by atoms with E-state index in [-0.39, 0.29) is 6.79 Å². The summed E-state index contributed by atoms with van der Waals surface area (Å²) in [5.41, 5.74) is 9.62. The zero-order valence-electron chi connectivity index (χ0n) is 18.6. The molecule has 0 aliphatic carbocycles. The van der Waals surface area contributed by atoms with Crippen molar-refractivity contribution >= 4 is 23.1 Å². The van der Waals surface area contributed by atoms with Crippen LogP contribution in [0.3, 0.4) is 0 Å². The smallest absolute Gasteiger partial charge is 0.412 e. The molecule has 0 atom stereocenters. The number of fused-ring (bicyclic) bond motifs is 2. The number of hydrogen-bond donors (Lipinski definition) is 2. The molecule has 0 saturated carbocycles. The summed E-state index contributed by atoms with van der Waals surface area (Å²) in [4.78, 5) is 16.5. The van der Waals surface area contributed by atoms with E-state index in [0.29, 0.717) is 28.5 Å². The lowest BCUT2D eigenvalue weighted by Gasteiger charge is -2.20. The number of ether oxygens (including phenoxy) is 3. The van der Waals surface area contributed by atoms with Crippen LogP contribution in [0.5, 0.6) is 11.5 Å². The molecule has 33 heavy (non-hydrogen) atoms. The number of amides is 1. The predicted octanol–water partition coefficient (Wildman–Crippen LogP) is 3.45. The van der Waals surface area contributed by atoms with Gasteiger partial charge in [0.1, 0.15) is 23.1 Å². The maximum atomic E-state index is 12.3. The molecule has 0 fully saturated rings. The molecule has 1 aliphatic rings. The average Bonchev–Trinajstić information content (AvgIpc) is 3.45. The number of rotatable bonds is 3. The van der Waals surface area contributed by atoms with E-state index in [0.717, 1.165) is 22.5 Å². The average molecular weight is 449 g/mol. The zero-order valence-corrected chi connectivity index (χ0v) is 18.6. The lowest BCUT2D eigenvalue weighted by atomic mass is 10.0. The molecule has 0 unspecified atom stereocenters. The van der Waals surface area contributed by atoms with E-state index in [1.165, 1.54) is 6.33 Å². The van der Waals surface area contributed by atoms with Crippen molar-refractivity contribution < 1.29 is 19.0 Å². The van der Waals surface area contributed by atoms with Crippen LogP contribution in [0.25, 0.3) is 28.0 Å². The van der Waals surface area contributed by atoms with E-state index >= 15 is 0 Å². The summed E-state index contributed by atoms with van der Waals surface area (Å²) in [6.07, 6.45) is 2.67. The van der Waals surface area contributed by atoms with Crippen LogP contribution in [-0.2, 0) is 11.8 Å². The van der Waals surface area contributed by atoms with Crippen LogP contribution < -0.4 is 20.5 Å². The van der Waals surface area contributed by atoms with Crippen LogP contribution in [0, 0.1) is 0 Å². The fourth-order valence-electron chi connectivity index (χ4n) is 3.73. The van der Waals surface area contributed by atoms with E-state index in [4.69, 9.17) is 19.9 Å². The number of hydrogen-bond acceptors (Lipinski definition) is 8. The standard InChI is InChI=1S/C22H23N7O4/c1-22(2,3)33-21(30)26-15-6-5-12(18-19(15)32-11-31-18)13-9-16(14-7-8-28(4)27-14)29-17(13)20(23)24-10-25-29/h5-10H,11H2,1-4H3,(H,26,30)(H2,23,24,25). The largest absolute Gasteiger partial charge is 0.453 e. The Hall–Kier alpha value is -4.28. The van der Waals surface area contributed by atoms with Crippen LogP contribution in [0.4, 0.5) is 16.3 Å². The highest BCUT2D eigenvalue weighted by Crippen LogP contribution is 2.48. The number of aromatic nitrogens is 5. The van der Waals surface area contributed by atoms with Crippen molar-refractivity contribution in [3.63, 3.8) is 0 Å². The van der Waals surface area contributed by atoms with E-state index in [2.05, 4.69) is 20.5 Å². The Morgan fingerprint density at radius 1 is 1.18 bits per heavy atom. The third-order valence-corrected chi connectivity index (χ3v) is 5.00. The van der Waals surface area contributed by atoms with Gasteiger partial charge in [-0.25, -0.2) is 14.3 Å². The van der Waals surface area contributed by atoms with E-state index in [1.54, 1.807) is 36.0 Å². The molecule has 3 N–H and O–H groups in total. The monoisotopic (exact) mass is 449 g/mol. The minimum Gasteiger partial charge on any atom is -0.453 e. The van der Waals surface area contributed by atoms with Gasteiger partial charge in [0.2, 0.25) is 6.79 Å². The van der Waals surface area contributed by atoms with Crippen molar-refractivity contribution in [2.24, 2.45) is 7.05 Å². The summed E-state index contributed by atoms with van der Waals surface area (Å²) in [5, 5.41) is 11.6. The Morgan fingerprint density at radius 2 is 1.97 bits per heavy atom. The van der Waals surface area contributed by atoms with Gasteiger partial charge in [-0.1, -0.05) is 0 Å². The van der Waals surface area contributed by atoms with Crippen LogP contribution in [0.2, 0.25) is 0 Å². The molecule has 4 aromatic rings. The normalized spacial score (nSPS) is 12.8. The molecule has 3 aromatic heterocycles. The van der Waals surface area contributed by atoms with Gasteiger partial charge >= 0.3 is 6.09 Å². The van der Waals surface area contributed by atoms with E-state index in [1.807, 2.05) is 31.4 Å². The molecule has 1 aromatic carbocycles. The molecule has 170 valence electrons. The van der Waals surface area contributed by atoms with E-state index < -0.39 is 11.7 Å². The van der Waals surface area contributed by atoms with Gasteiger partial charge in [0.25, 0.3) is 0 Å². The van der Waals surface area contributed by atoms with Crippen molar-refractivity contribution in [3.05, 3.63) is 36.8 Å². The second kappa shape index (κ2) is 7.40. The number of anilines is 2. The Kier molecular flexibility index (Phi) is 4.62. The van der Waals surface area contributed by atoms with Crippen molar-refractivity contribution in [1.82, 2.24) is 24.4 Å². The molecule has 5 rings (SSSR count). The maximum absolute atomic E-state index is 12.3. The molecule has 0 radical (unpaired) electrons. The van der Waals surface area contributed by atoms with Gasteiger partial charge < -0.3 is 19.9 Å². The third-order valence-electron chi connectivity index (χ3n) is 5.00. The Bertz CT molecular complexity index is 1380. The number of carbonyl (C=O) groups excluding carboxylic acids is 1. The molecule has 1 aliphatic heterocycles. The fourth-order valence-corrected chi connectivity index (χ4v) is 3.73. The van der Waals surface area contributed by atoms with Gasteiger partial charge in [-0.2, -0.15) is 10.2 Å². The second-order valence-electron chi connectivity index (χ2n) is 8.58. The highest BCUT2D eigenvalue weighted by atomic mass is 16.7. The van der Waals surface area contributed by atoms with Gasteiger partial charge in [-0.15, -0.1) is 0 Å². The zero-order chi connectivity index (χ0) is 23.3. The van der Waals surface area contributed by atoms with Crippen molar-refractivity contribution in [2.45, 2.75) is 26.4 Å². The predicted molar refractivity (Wildman–Crippen MR) is 121 cm³/mol. The number of nitrogens with two attached hydrogens (primary N) is 1. The summed E-state index contributed by atoms with van der Waals surface area (Å²) >= 11 is 0. The third kappa shape index (κ3) is 3.67. The van der Waals surface area contributed by atoms with Crippen molar-refractivity contribution in [3.8, 4) is 34.0 Å². The minimum atomic E-state index is -0.630. The quantitative estimate of drug-likeness (QED) is 0.486. The Balaban J connectivity index is 1.63. The minimum absolute atomic E-state index is 0.0141. The lowest BCUT2D eigenvalue weighted by molar-refractivity contribution is 0.0635. The first-order valence-electron chi connectivity index (χ1n) is 10.3. The first-order chi connectivity index (χ1) is 15.7. The van der Waals surface area contributed by atoms with Gasteiger partial charge in [0, 0.05) is 24.4 Å². The molecule has 0 saturated heterocycles. The highest BCUT2D eigenvalue weighted by Gasteiger charge is 2.28. The van der Waals surface area contributed by atoms with Crippen LogP contribution in [0.1, 0.15) is 20.8 Å². The Labute approximate surface area is 189 Å². The maximum Gasteiger partial charge on any atom is 0.412 e. The van der Waals surface area contributed by atoms with E-state index in [9.17, 15) is 4.79 Å². The van der Waals surface area contributed by atoms with Gasteiger partial charge in [-0.05, 0) is 45.0 Å². The SMILES string of the molecule is Cn1ccc(-c2cc(-c3ccc(NC(=O)OC(C)(C)C)c4c3OCO4)c3c(N)ncnn23)n1. The first-order valence-corrected chi connectivity index (χ1v) is 10.3. The summed E-state index contributed by atoms with van der Waals surface area (Å²) in [6.45, 7) is 5.40. The number of nitrogen functional groups attached to an aromatic ring is 1. The van der Waals surface area contributed by atoms with Gasteiger partial charge in [-0.3, -0.25) is 10.00 Å². The summed E-state index contributed by atoms with van der Waals surface area (Å²) in [7, 11) is 1.85. The second-order valence-corrected chi connectivity index (χ2v) is 8.58. The van der Waals surface area contributed by atoms with Crippen molar-refractivity contribution in [2.75, 3.05) is 17.8 Å². The summed E-state index contributed by atoms with van der Waals surface area (Å²) < 4.78 is 20.2. The molecule has 0 spiro atoms.